The normalized spacial score (nSPS) is 21.1. The fourth-order valence-electron chi connectivity index (χ4n) is 2.88. The van der Waals surface area contributed by atoms with Crippen molar-refractivity contribution < 1.29 is 4.74 Å². The third kappa shape index (κ3) is 4.33. The molecule has 1 atom stereocenters. The summed E-state index contributed by atoms with van der Waals surface area (Å²) in [6, 6.07) is 2.68. The highest BCUT2D eigenvalue weighted by molar-refractivity contribution is 14.0. The van der Waals surface area contributed by atoms with Crippen LogP contribution in [-0.4, -0.2) is 61.2 Å². The second-order valence-corrected chi connectivity index (χ2v) is 6.74. The number of ether oxygens (including phenoxy) is 1. The summed E-state index contributed by atoms with van der Waals surface area (Å²) in [5.74, 6) is 0.665. The zero-order chi connectivity index (χ0) is 14.7. The van der Waals surface area contributed by atoms with Gasteiger partial charge < -0.3 is 15.4 Å². The topological polar surface area (TPSA) is 54.1 Å². The predicted octanol–water partition coefficient (Wildman–Crippen LogP) is 1.76. The van der Waals surface area contributed by atoms with Crippen molar-refractivity contribution >= 4 is 41.3 Å². The molecular formula is C15H25IN4OS. The van der Waals surface area contributed by atoms with Crippen LogP contribution in [-0.2, 0) is 17.7 Å². The van der Waals surface area contributed by atoms with Crippen molar-refractivity contribution in [3.05, 3.63) is 21.9 Å². The summed E-state index contributed by atoms with van der Waals surface area (Å²) in [5, 5.41) is 2.20. The van der Waals surface area contributed by atoms with Gasteiger partial charge in [-0.3, -0.25) is 9.89 Å². The largest absolute Gasteiger partial charge is 0.378 e. The van der Waals surface area contributed by atoms with E-state index < -0.39 is 0 Å². The van der Waals surface area contributed by atoms with Crippen molar-refractivity contribution in [2.75, 3.05) is 39.4 Å². The summed E-state index contributed by atoms with van der Waals surface area (Å²) in [6.07, 6.45) is 1.17. The molecule has 2 N–H and O–H groups in total. The number of nitrogens with two attached hydrogens (primary N) is 1. The lowest BCUT2D eigenvalue weighted by molar-refractivity contribution is 0.0673. The van der Waals surface area contributed by atoms with Gasteiger partial charge >= 0.3 is 0 Å². The smallest absolute Gasteiger partial charge is 0.191 e. The number of hydrogen-bond donors (Lipinski definition) is 1. The number of thiophene rings is 1. The van der Waals surface area contributed by atoms with E-state index in [4.69, 9.17) is 10.5 Å². The predicted molar refractivity (Wildman–Crippen MR) is 102 cm³/mol. The van der Waals surface area contributed by atoms with Gasteiger partial charge in [-0.05, 0) is 30.4 Å². The number of nitrogens with zero attached hydrogens (tertiary/aromatic N) is 3. The van der Waals surface area contributed by atoms with E-state index >= 15 is 0 Å². The van der Waals surface area contributed by atoms with Gasteiger partial charge in [0.25, 0.3) is 0 Å². The minimum Gasteiger partial charge on any atom is -0.378 e. The van der Waals surface area contributed by atoms with Gasteiger partial charge in [0.2, 0.25) is 0 Å². The van der Waals surface area contributed by atoms with Gasteiger partial charge in [0.05, 0.1) is 19.8 Å². The van der Waals surface area contributed by atoms with Crippen LogP contribution in [0.3, 0.4) is 0 Å². The number of hydrogen-bond acceptors (Lipinski definition) is 4. The van der Waals surface area contributed by atoms with Crippen molar-refractivity contribution in [2.24, 2.45) is 10.7 Å². The molecule has 0 aromatic carbocycles. The first kappa shape index (κ1) is 18.0. The molecule has 7 heteroatoms. The van der Waals surface area contributed by atoms with Crippen LogP contribution >= 0.6 is 35.3 Å². The van der Waals surface area contributed by atoms with Crippen LogP contribution < -0.4 is 5.73 Å². The van der Waals surface area contributed by atoms with Crippen LogP contribution in [0.1, 0.15) is 17.4 Å². The van der Waals surface area contributed by atoms with Crippen LogP contribution in [0, 0.1) is 0 Å². The van der Waals surface area contributed by atoms with Crippen LogP contribution in [0.5, 0.6) is 0 Å². The molecular weight excluding hydrogens is 411 g/mol. The third-order valence-electron chi connectivity index (χ3n) is 4.31. The SMILES string of the molecule is CC(CN=C(N)N1CCOCC1)N1CCc2sccc2C1.I. The molecule has 1 aromatic heterocycles. The molecule has 3 heterocycles. The monoisotopic (exact) mass is 436 g/mol. The second kappa shape index (κ2) is 8.47. The molecule has 0 spiro atoms. The van der Waals surface area contributed by atoms with Crippen molar-refractivity contribution in [3.63, 3.8) is 0 Å². The molecule has 0 saturated carbocycles. The average Bonchev–Trinajstić information content (AvgIpc) is 3.00. The van der Waals surface area contributed by atoms with E-state index in [1.165, 1.54) is 12.0 Å². The molecule has 3 rings (SSSR count). The summed E-state index contributed by atoms with van der Waals surface area (Å²) in [7, 11) is 0. The molecule has 1 saturated heterocycles. The molecule has 2 aliphatic rings. The van der Waals surface area contributed by atoms with Crippen molar-refractivity contribution in [2.45, 2.75) is 25.9 Å². The van der Waals surface area contributed by atoms with E-state index in [0.717, 1.165) is 45.9 Å². The quantitative estimate of drug-likeness (QED) is 0.446. The molecule has 1 fully saturated rings. The number of guanidine groups is 1. The van der Waals surface area contributed by atoms with E-state index in [2.05, 4.69) is 33.2 Å². The Bertz CT molecular complexity index is 501. The molecule has 0 bridgehead atoms. The first-order valence-electron chi connectivity index (χ1n) is 7.66. The van der Waals surface area contributed by atoms with Gasteiger partial charge in [-0.2, -0.15) is 0 Å². The fraction of sp³-hybridized carbons (Fsp3) is 0.667. The summed E-state index contributed by atoms with van der Waals surface area (Å²) >= 11 is 1.88. The molecule has 22 heavy (non-hydrogen) atoms. The van der Waals surface area contributed by atoms with E-state index in [9.17, 15) is 0 Å². The zero-order valence-corrected chi connectivity index (χ0v) is 16.2. The maximum absolute atomic E-state index is 6.09. The third-order valence-corrected chi connectivity index (χ3v) is 5.34. The van der Waals surface area contributed by atoms with E-state index in [-0.39, 0.29) is 24.0 Å². The van der Waals surface area contributed by atoms with Crippen LogP contribution in [0.2, 0.25) is 0 Å². The Morgan fingerprint density at radius 2 is 2.18 bits per heavy atom. The van der Waals surface area contributed by atoms with Crippen LogP contribution in [0.25, 0.3) is 0 Å². The van der Waals surface area contributed by atoms with Gasteiger partial charge in [-0.1, -0.05) is 0 Å². The fourth-order valence-corrected chi connectivity index (χ4v) is 3.77. The lowest BCUT2D eigenvalue weighted by Gasteiger charge is -2.32. The minimum absolute atomic E-state index is 0. The van der Waals surface area contributed by atoms with E-state index in [1.807, 2.05) is 11.3 Å². The lowest BCUT2D eigenvalue weighted by atomic mass is 10.1. The number of fused-ring (bicyclic) bond motifs is 1. The molecule has 0 amide bonds. The first-order valence-corrected chi connectivity index (χ1v) is 8.54. The van der Waals surface area contributed by atoms with Gasteiger partial charge in [-0.15, -0.1) is 35.3 Å². The Hall–Kier alpha value is -0.380. The highest BCUT2D eigenvalue weighted by Crippen LogP contribution is 2.25. The van der Waals surface area contributed by atoms with Gasteiger partial charge in [0, 0.05) is 37.1 Å². The number of rotatable bonds is 3. The Balaban J connectivity index is 0.00000176. The van der Waals surface area contributed by atoms with E-state index in [0.29, 0.717) is 12.0 Å². The summed E-state index contributed by atoms with van der Waals surface area (Å²) < 4.78 is 5.34. The van der Waals surface area contributed by atoms with Crippen LogP contribution in [0.4, 0.5) is 0 Å². The summed E-state index contributed by atoms with van der Waals surface area (Å²) in [5.41, 5.74) is 7.58. The molecule has 1 aromatic rings. The number of halogens is 1. The standard InChI is InChI=1S/C15H24N4OS.HI/c1-12(10-17-15(16)18-5-7-20-8-6-18)19-4-2-14-13(11-19)3-9-21-14;/h3,9,12H,2,4-8,10-11H2,1H3,(H2,16,17);1H. The van der Waals surface area contributed by atoms with Crippen LogP contribution in [0.15, 0.2) is 16.4 Å². The lowest BCUT2D eigenvalue weighted by Crippen LogP contribution is -2.45. The molecule has 5 nitrogen and oxygen atoms in total. The highest BCUT2D eigenvalue weighted by Gasteiger charge is 2.21. The Morgan fingerprint density at radius 3 is 2.95 bits per heavy atom. The van der Waals surface area contributed by atoms with Gasteiger partial charge in [0.15, 0.2) is 5.96 Å². The average molecular weight is 436 g/mol. The summed E-state index contributed by atoms with van der Waals surface area (Å²) in [4.78, 5) is 10.8. The van der Waals surface area contributed by atoms with Gasteiger partial charge in [0.1, 0.15) is 0 Å². The zero-order valence-electron chi connectivity index (χ0n) is 13.0. The van der Waals surface area contributed by atoms with E-state index in [1.54, 1.807) is 4.88 Å². The first-order chi connectivity index (χ1) is 10.2. The molecule has 0 radical (unpaired) electrons. The molecule has 124 valence electrons. The summed E-state index contributed by atoms with van der Waals surface area (Å²) in [6.45, 7) is 8.39. The highest BCUT2D eigenvalue weighted by atomic mass is 127. The molecule has 1 unspecified atom stereocenters. The van der Waals surface area contributed by atoms with Crippen molar-refractivity contribution in [3.8, 4) is 0 Å². The van der Waals surface area contributed by atoms with Crippen molar-refractivity contribution in [1.29, 1.82) is 0 Å². The Kier molecular flexibility index (Phi) is 6.91. The Labute approximate surface area is 153 Å². The molecule has 0 aliphatic carbocycles. The second-order valence-electron chi connectivity index (χ2n) is 5.74. The maximum atomic E-state index is 6.09. The number of aliphatic imine (C=N–C) groups is 1. The number of morpholine rings is 1. The molecule has 2 aliphatic heterocycles. The maximum Gasteiger partial charge on any atom is 0.191 e. The minimum atomic E-state index is 0. The Morgan fingerprint density at radius 1 is 1.41 bits per heavy atom. The van der Waals surface area contributed by atoms with Gasteiger partial charge in [-0.25, -0.2) is 0 Å². The van der Waals surface area contributed by atoms with Crippen molar-refractivity contribution in [1.82, 2.24) is 9.80 Å².